The van der Waals surface area contributed by atoms with Crippen LogP contribution in [0.1, 0.15) is 15.9 Å². The van der Waals surface area contributed by atoms with Crippen LogP contribution in [0, 0.1) is 10.1 Å². The van der Waals surface area contributed by atoms with Gasteiger partial charge in [-0.1, -0.05) is 23.7 Å². The number of carboxylic acids is 1. The third-order valence-electron chi connectivity index (χ3n) is 2.90. The molecule has 0 aliphatic rings. The van der Waals surface area contributed by atoms with Gasteiger partial charge in [-0.2, -0.15) is 13.2 Å². The van der Waals surface area contributed by atoms with Crippen molar-refractivity contribution in [3.05, 3.63) is 62.7 Å². The number of hydrogen-bond acceptors (Lipinski definition) is 4. The Bertz CT molecular complexity index is 823. The van der Waals surface area contributed by atoms with Crippen molar-refractivity contribution in [2.45, 2.75) is 6.18 Å². The first-order chi connectivity index (χ1) is 11.1. The van der Waals surface area contributed by atoms with Crippen LogP contribution in [0.5, 0.6) is 11.5 Å². The topological polar surface area (TPSA) is 89.7 Å². The standard InChI is InChI=1S/C14H7ClF3NO5/c15-11-8(14(16,17)18)4-2-5-9(11)24-10-6-1-3-7(13(20)21)12(10)19(22)23/h1-6H,(H,20,21). The maximum Gasteiger partial charge on any atom is 0.417 e. The molecule has 10 heteroatoms. The van der Waals surface area contributed by atoms with Crippen LogP contribution >= 0.6 is 11.6 Å². The Morgan fingerprint density at radius 2 is 1.75 bits per heavy atom. The highest BCUT2D eigenvalue weighted by Gasteiger charge is 2.35. The maximum absolute atomic E-state index is 12.8. The number of nitro benzene ring substituents is 1. The second-order valence-electron chi connectivity index (χ2n) is 4.43. The minimum Gasteiger partial charge on any atom is -0.477 e. The van der Waals surface area contributed by atoms with Crippen LogP contribution in [0.4, 0.5) is 18.9 Å². The Kier molecular flexibility index (Phi) is 4.65. The van der Waals surface area contributed by atoms with Crippen molar-refractivity contribution in [2.24, 2.45) is 0 Å². The summed E-state index contributed by atoms with van der Waals surface area (Å²) in [5, 5.41) is 19.3. The summed E-state index contributed by atoms with van der Waals surface area (Å²) < 4.78 is 43.5. The van der Waals surface area contributed by atoms with Gasteiger partial charge in [-0.05, 0) is 24.3 Å². The SMILES string of the molecule is O=C(O)c1cccc(Oc2cccc(C(F)(F)F)c2Cl)c1[N+](=O)[O-]. The van der Waals surface area contributed by atoms with Crippen molar-refractivity contribution >= 4 is 23.3 Å². The van der Waals surface area contributed by atoms with Gasteiger partial charge in [0.05, 0.1) is 15.5 Å². The summed E-state index contributed by atoms with van der Waals surface area (Å²) in [4.78, 5) is 21.1. The Labute approximate surface area is 137 Å². The summed E-state index contributed by atoms with van der Waals surface area (Å²) in [5.41, 5.74) is -2.74. The molecule has 0 atom stereocenters. The van der Waals surface area contributed by atoms with E-state index in [1.807, 2.05) is 0 Å². The smallest absolute Gasteiger partial charge is 0.417 e. The lowest BCUT2D eigenvalue weighted by Crippen LogP contribution is -2.07. The largest absolute Gasteiger partial charge is 0.477 e. The fourth-order valence-corrected chi connectivity index (χ4v) is 2.16. The van der Waals surface area contributed by atoms with Gasteiger partial charge < -0.3 is 9.84 Å². The quantitative estimate of drug-likeness (QED) is 0.626. The summed E-state index contributed by atoms with van der Waals surface area (Å²) in [6, 6.07) is 6.00. The van der Waals surface area contributed by atoms with E-state index in [1.165, 1.54) is 0 Å². The molecule has 0 aromatic heterocycles. The van der Waals surface area contributed by atoms with E-state index < -0.39 is 50.4 Å². The minimum absolute atomic E-state index is 0.489. The molecule has 2 rings (SSSR count). The molecule has 0 aliphatic heterocycles. The summed E-state index contributed by atoms with van der Waals surface area (Å²) in [5.74, 6) is -2.61. The van der Waals surface area contributed by atoms with Gasteiger partial charge in [0.25, 0.3) is 0 Å². The number of halogens is 4. The molecule has 6 nitrogen and oxygen atoms in total. The number of nitrogens with zero attached hydrogens (tertiary/aromatic N) is 1. The molecule has 1 N–H and O–H groups in total. The lowest BCUT2D eigenvalue weighted by Gasteiger charge is -2.13. The normalized spacial score (nSPS) is 11.2. The van der Waals surface area contributed by atoms with Gasteiger partial charge in [-0.3, -0.25) is 10.1 Å². The molecule has 0 spiro atoms. The summed E-state index contributed by atoms with van der Waals surface area (Å²) in [6.07, 6.45) is -4.74. The number of alkyl halides is 3. The number of ether oxygens (including phenoxy) is 1. The third-order valence-corrected chi connectivity index (χ3v) is 3.29. The first-order valence-electron chi connectivity index (χ1n) is 6.17. The van der Waals surface area contributed by atoms with Crippen molar-refractivity contribution < 1.29 is 32.7 Å². The van der Waals surface area contributed by atoms with Crippen molar-refractivity contribution in [3.63, 3.8) is 0 Å². The third kappa shape index (κ3) is 3.40. The Morgan fingerprint density at radius 1 is 1.17 bits per heavy atom. The molecule has 0 radical (unpaired) electrons. The van der Waals surface area contributed by atoms with Gasteiger partial charge in [0, 0.05) is 0 Å². The summed E-state index contributed by atoms with van der Waals surface area (Å²) >= 11 is 5.65. The molecule has 0 saturated heterocycles. The van der Waals surface area contributed by atoms with Crippen LogP contribution in [0.2, 0.25) is 5.02 Å². The Morgan fingerprint density at radius 3 is 2.29 bits per heavy atom. The zero-order chi connectivity index (χ0) is 18.1. The predicted molar refractivity (Wildman–Crippen MR) is 76.6 cm³/mol. The Hall–Kier alpha value is -2.81. The fourth-order valence-electron chi connectivity index (χ4n) is 1.89. The molecule has 0 amide bonds. The average molecular weight is 362 g/mol. The summed E-state index contributed by atoms with van der Waals surface area (Å²) in [7, 11) is 0. The zero-order valence-corrected chi connectivity index (χ0v) is 12.3. The molecule has 2 aromatic carbocycles. The highest BCUT2D eigenvalue weighted by atomic mass is 35.5. The van der Waals surface area contributed by atoms with Gasteiger partial charge >= 0.3 is 17.8 Å². The molecular weight excluding hydrogens is 355 g/mol. The van der Waals surface area contributed by atoms with Crippen molar-refractivity contribution in [1.82, 2.24) is 0 Å². The van der Waals surface area contributed by atoms with Gasteiger partial charge in [-0.25, -0.2) is 4.79 Å². The maximum atomic E-state index is 12.8. The summed E-state index contributed by atoms with van der Waals surface area (Å²) in [6.45, 7) is 0. The Balaban J connectivity index is 2.56. The number of hydrogen-bond donors (Lipinski definition) is 1. The van der Waals surface area contributed by atoms with E-state index in [-0.39, 0.29) is 0 Å². The van der Waals surface area contributed by atoms with E-state index in [9.17, 15) is 28.1 Å². The van der Waals surface area contributed by atoms with Gasteiger partial charge in [0.15, 0.2) is 0 Å². The fraction of sp³-hybridized carbons (Fsp3) is 0.0714. The van der Waals surface area contributed by atoms with E-state index in [2.05, 4.69) is 0 Å². The number of rotatable bonds is 4. The monoisotopic (exact) mass is 361 g/mol. The molecular formula is C14H7ClF3NO5. The van der Waals surface area contributed by atoms with E-state index in [0.717, 1.165) is 36.4 Å². The van der Waals surface area contributed by atoms with Crippen LogP contribution in [0.15, 0.2) is 36.4 Å². The van der Waals surface area contributed by atoms with Crippen LogP contribution in [0.25, 0.3) is 0 Å². The highest BCUT2D eigenvalue weighted by Crippen LogP contribution is 2.42. The molecule has 126 valence electrons. The molecule has 0 aliphatic carbocycles. The number of carboxylic acid groups (broad SMARTS) is 1. The lowest BCUT2D eigenvalue weighted by atomic mass is 10.1. The number of nitro groups is 1. The van der Waals surface area contributed by atoms with Gasteiger partial charge in [-0.15, -0.1) is 0 Å². The number of carbonyl (C=O) groups is 1. The van der Waals surface area contributed by atoms with Crippen molar-refractivity contribution in [3.8, 4) is 11.5 Å². The first-order valence-corrected chi connectivity index (χ1v) is 6.55. The molecule has 0 heterocycles. The highest BCUT2D eigenvalue weighted by molar-refractivity contribution is 6.33. The molecule has 24 heavy (non-hydrogen) atoms. The molecule has 2 aromatic rings. The second-order valence-corrected chi connectivity index (χ2v) is 4.81. The molecule has 0 bridgehead atoms. The zero-order valence-electron chi connectivity index (χ0n) is 11.5. The minimum atomic E-state index is -4.74. The average Bonchev–Trinajstić information content (AvgIpc) is 2.47. The molecule has 0 unspecified atom stereocenters. The van der Waals surface area contributed by atoms with Gasteiger partial charge in [0.2, 0.25) is 5.75 Å². The van der Waals surface area contributed by atoms with E-state index in [0.29, 0.717) is 0 Å². The second kappa shape index (κ2) is 6.36. The molecule has 0 saturated carbocycles. The predicted octanol–water partition coefficient (Wildman–Crippen LogP) is 4.76. The van der Waals surface area contributed by atoms with Gasteiger partial charge in [0.1, 0.15) is 11.3 Å². The number of para-hydroxylation sites is 1. The van der Waals surface area contributed by atoms with Crippen molar-refractivity contribution in [2.75, 3.05) is 0 Å². The van der Waals surface area contributed by atoms with Crippen LogP contribution < -0.4 is 4.74 Å². The first kappa shape index (κ1) is 17.5. The molecule has 0 fully saturated rings. The van der Waals surface area contributed by atoms with E-state index in [1.54, 1.807) is 0 Å². The van der Waals surface area contributed by atoms with Crippen LogP contribution in [0.3, 0.4) is 0 Å². The van der Waals surface area contributed by atoms with Crippen molar-refractivity contribution in [1.29, 1.82) is 0 Å². The van der Waals surface area contributed by atoms with Crippen LogP contribution in [-0.2, 0) is 6.18 Å². The number of benzene rings is 2. The van der Waals surface area contributed by atoms with E-state index >= 15 is 0 Å². The number of aromatic carboxylic acids is 1. The lowest BCUT2D eigenvalue weighted by molar-refractivity contribution is -0.386. The van der Waals surface area contributed by atoms with E-state index in [4.69, 9.17) is 21.4 Å². The van der Waals surface area contributed by atoms with Crippen LogP contribution in [-0.4, -0.2) is 16.0 Å².